The maximum absolute atomic E-state index is 12.6. The minimum atomic E-state index is 0.257. The number of carbonyl (C=O) groups is 1. The van der Waals surface area contributed by atoms with Crippen molar-refractivity contribution in [2.75, 3.05) is 14.2 Å². The van der Waals surface area contributed by atoms with Crippen LogP contribution in [0.3, 0.4) is 0 Å². The highest BCUT2D eigenvalue weighted by molar-refractivity contribution is 6.08. The van der Waals surface area contributed by atoms with Gasteiger partial charge in [0.25, 0.3) is 0 Å². The fraction of sp³-hybridized carbons (Fsp3) is 0.400. The number of carbonyl (C=O) groups excluding carboxylic acids is 1. The van der Waals surface area contributed by atoms with Crippen molar-refractivity contribution in [1.82, 2.24) is 4.57 Å². The van der Waals surface area contributed by atoms with E-state index in [0.717, 1.165) is 60.1 Å². The molecule has 0 radical (unpaired) electrons. The quantitative estimate of drug-likeness (QED) is 0.298. The van der Waals surface area contributed by atoms with Crippen LogP contribution in [0.15, 0.2) is 48.7 Å². The number of Topliss-reactive ketones (excluding diaryl/α,β-unsaturated/α-hetero) is 1. The van der Waals surface area contributed by atoms with Gasteiger partial charge in [-0.2, -0.15) is 0 Å². The molecule has 0 fully saturated rings. The molecule has 4 nitrogen and oxygen atoms in total. The van der Waals surface area contributed by atoms with Gasteiger partial charge in [0, 0.05) is 36.1 Å². The minimum Gasteiger partial charge on any atom is -0.493 e. The molecule has 0 aliphatic rings. The van der Waals surface area contributed by atoms with Crippen LogP contribution in [-0.2, 0) is 13.5 Å². The van der Waals surface area contributed by atoms with E-state index in [1.807, 2.05) is 42.1 Å². The first-order chi connectivity index (χ1) is 14.1. The fourth-order valence-corrected chi connectivity index (χ4v) is 3.88. The van der Waals surface area contributed by atoms with Gasteiger partial charge >= 0.3 is 0 Å². The van der Waals surface area contributed by atoms with Crippen molar-refractivity contribution in [3.63, 3.8) is 0 Å². The van der Waals surface area contributed by atoms with Crippen molar-refractivity contribution in [3.8, 4) is 11.5 Å². The molecule has 0 amide bonds. The van der Waals surface area contributed by atoms with Crippen molar-refractivity contribution < 1.29 is 14.3 Å². The van der Waals surface area contributed by atoms with Gasteiger partial charge in [-0.05, 0) is 43.0 Å². The molecule has 4 heteroatoms. The van der Waals surface area contributed by atoms with Crippen LogP contribution >= 0.6 is 0 Å². The maximum Gasteiger partial charge on any atom is 0.165 e. The van der Waals surface area contributed by atoms with Crippen molar-refractivity contribution in [2.24, 2.45) is 7.05 Å². The van der Waals surface area contributed by atoms with E-state index in [-0.39, 0.29) is 5.78 Å². The first-order valence-corrected chi connectivity index (χ1v) is 10.4. The van der Waals surface area contributed by atoms with E-state index in [4.69, 9.17) is 9.47 Å². The second-order valence-corrected chi connectivity index (χ2v) is 7.55. The second-order valence-electron chi connectivity index (χ2n) is 7.55. The van der Waals surface area contributed by atoms with E-state index < -0.39 is 0 Å². The predicted molar refractivity (Wildman–Crippen MR) is 118 cm³/mol. The van der Waals surface area contributed by atoms with E-state index in [1.165, 1.54) is 12.0 Å². The average Bonchev–Trinajstić information content (AvgIpc) is 3.09. The maximum atomic E-state index is 12.6. The largest absolute Gasteiger partial charge is 0.493 e. The summed E-state index contributed by atoms with van der Waals surface area (Å²) in [6, 6.07) is 14.2. The monoisotopic (exact) mass is 393 g/mol. The molecule has 1 aromatic heterocycles. The molecule has 0 N–H and O–H groups in total. The molecule has 0 saturated carbocycles. The normalized spacial score (nSPS) is 11.0. The van der Waals surface area contributed by atoms with Gasteiger partial charge in [-0.25, -0.2) is 0 Å². The van der Waals surface area contributed by atoms with E-state index in [1.54, 1.807) is 14.2 Å². The molecule has 0 bridgehead atoms. The standard InChI is InChI=1S/C25H31NO3/c1-26-18-21(20-12-9-10-13-22(20)26)23(27)14-8-6-4-5-7-11-19-15-16-24(28-2)25(17-19)29-3/h9-10,12-13,15-18H,4-8,11,14H2,1-3H3. The molecule has 0 aliphatic heterocycles. The number of aryl methyl sites for hydroxylation is 2. The Morgan fingerprint density at radius 3 is 2.41 bits per heavy atom. The fourth-order valence-electron chi connectivity index (χ4n) is 3.88. The van der Waals surface area contributed by atoms with Crippen LogP contribution in [0.2, 0.25) is 0 Å². The molecule has 0 saturated heterocycles. The zero-order valence-electron chi connectivity index (χ0n) is 17.7. The Balaban J connectivity index is 1.37. The molecular formula is C25H31NO3. The molecule has 2 aromatic carbocycles. The molecule has 0 atom stereocenters. The lowest BCUT2D eigenvalue weighted by Crippen LogP contribution is -1.98. The number of hydrogen-bond acceptors (Lipinski definition) is 3. The summed E-state index contributed by atoms with van der Waals surface area (Å²) in [6.45, 7) is 0. The highest BCUT2D eigenvalue weighted by atomic mass is 16.5. The first kappa shape index (κ1) is 21.0. The summed E-state index contributed by atoms with van der Waals surface area (Å²) in [5.41, 5.74) is 3.25. The Labute approximate surface area is 173 Å². The number of nitrogens with zero attached hydrogens (tertiary/aromatic N) is 1. The Kier molecular flexibility index (Phi) is 7.34. The molecule has 3 aromatic rings. The van der Waals surface area contributed by atoms with Gasteiger partial charge in [0.05, 0.1) is 14.2 Å². The van der Waals surface area contributed by atoms with E-state index in [9.17, 15) is 4.79 Å². The Morgan fingerprint density at radius 2 is 1.62 bits per heavy atom. The number of methoxy groups -OCH3 is 2. The zero-order valence-corrected chi connectivity index (χ0v) is 17.7. The van der Waals surface area contributed by atoms with Crippen molar-refractivity contribution in [2.45, 2.75) is 44.9 Å². The number of aromatic nitrogens is 1. The molecule has 0 aliphatic carbocycles. The lowest BCUT2D eigenvalue weighted by Gasteiger charge is -2.09. The molecule has 154 valence electrons. The molecule has 1 heterocycles. The van der Waals surface area contributed by atoms with Crippen LogP contribution in [0.5, 0.6) is 11.5 Å². The van der Waals surface area contributed by atoms with Gasteiger partial charge in [-0.3, -0.25) is 4.79 Å². The van der Waals surface area contributed by atoms with Gasteiger partial charge in [0.1, 0.15) is 0 Å². The lowest BCUT2D eigenvalue weighted by atomic mass is 10.0. The third-order valence-electron chi connectivity index (χ3n) is 5.51. The van der Waals surface area contributed by atoms with Crippen LogP contribution in [0, 0.1) is 0 Å². The Hall–Kier alpha value is -2.75. The van der Waals surface area contributed by atoms with Gasteiger partial charge in [0.15, 0.2) is 17.3 Å². The van der Waals surface area contributed by atoms with Crippen LogP contribution in [0.25, 0.3) is 10.9 Å². The Morgan fingerprint density at radius 1 is 0.897 bits per heavy atom. The second kappa shape index (κ2) is 10.1. The van der Waals surface area contributed by atoms with Gasteiger partial charge < -0.3 is 14.0 Å². The van der Waals surface area contributed by atoms with Crippen LogP contribution in [0.4, 0.5) is 0 Å². The molecular weight excluding hydrogens is 362 g/mol. The molecule has 0 spiro atoms. The van der Waals surface area contributed by atoms with Crippen molar-refractivity contribution in [3.05, 3.63) is 59.8 Å². The highest BCUT2D eigenvalue weighted by Crippen LogP contribution is 2.28. The number of ketones is 1. The number of unbranched alkanes of at least 4 members (excludes halogenated alkanes) is 4. The zero-order chi connectivity index (χ0) is 20.6. The number of ether oxygens (including phenoxy) is 2. The summed E-state index contributed by atoms with van der Waals surface area (Å²) >= 11 is 0. The highest BCUT2D eigenvalue weighted by Gasteiger charge is 2.13. The summed E-state index contributed by atoms with van der Waals surface area (Å²) in [5.74, 6) is 1.82. The van der Waals surface area contributed by atoms with Crippen molar-refractivity contribution in [1.29, 1.82) is 0 Å². The topological polar surface area (TPSA) is 40.5 Å². The molecule has 0 unspecified atom stereocenters. The summed E-state index contributed by atoms with van der Waals surface area (Å²) in [5, 5.41) is 1.06. The number of fused-ring (bicyclic) bond motifs is 1. The van der Waals surface area contributed by atoms with E-state index in [2.05, 4.69) is 18.2 Å². The Bertz CT molecular complexity index is 958. The summed E-state index contributed by atoms with van der Waals surface area (Å²) in [7, 11) is 5.32. The third-order valence-corrected chi connectivity index (χ3v) is 5.51. The van der Waals surface area contributed by atoms with Crippen LogP contribution < -0.4 is 9.47 Å². The smallest absolute Gasteiger partial charge is 0.165 e. The van der Waals surface area contributed by atoms with Gasteiger partial charge in [-0.15, -0.1) is 0 Å². The number of hydrogen-bond donors (Lipinski definition) is 0. The van der Waals surface area contributed by atoms with E-state index in [0.29, 0.717) is 6.42 Å². The van der Waals surface area contributed by atoms with E-state index >= 15 is 0 Å². The molecule has 29 heavy (non-hydrogen) atoms. The number of rotatable bonds is 11. The van der Waals surface area contributed by atoms with Crippen LogP contribution in [-0.4, -0.2) is 24.6 Å². The minimum absolute atomic E-state index is 0.257. The lowest BCUT2D eigenvalue weighted by molar-refractivity contribution is 0.0980. The first-order valence-electron chi connectivity index (χ1n) is 10.4. The predicted octanol–water partition coefficient (Wildman–Crippen LogP) is 5.96. The third kappa shape index (κ3) is 5.20. The number of benzene rings is 2. The summed E-state index contributed by atoms with van der Waals surface area (Å²) in [6.07, 6.45) is 9.18. The summed E-state index contributed by atoms with van der Waals surface area (Å²) < 4.78 is 12.7. The van der Waals surface area contributed by atoms with Gasteiger partial charge in [0.2, 0.25) is 0 Å². The van der Waals surface area contributed by atoms with Gasteiger partial charge in [-0.1, -0.05) is 43.5 Å². The SMILES string of the molecule is COc1ccc(CCCCCCCC(=O)c2cn(C)c3ccccc23)cc1OC. The number of para-hydroxylation sites is 1. The van der Waals surface area contributed by atoms with Crippen LogP contribution in [0.1, 0.15) is 54.4 Å². The van der Waals surface area contributed by atoms with Crippen molar-refractivity contribution >= 4 is 16.7 Å². The molecule has 3 rings (SSSR count). The average molecular weight is 394 g/mol. The summed E-state index contributed by atoms with van der Waals surface area (Å²) in [4.78, 5) is 12.6.